The van der Waals surface area contributed by atoms with E-state index in [1.165, 1.54) is 0 Å². The Hall–Kier alpha value is -1.37. The van der Waals surface area contributed by atoms with E-state index in [4.69, 9.17) is 23.7 Å². The Morgan fingerprint density at radius 1 is 1.47 bits per heavy atom. The Morgan fingerprint density at radius 3 is 2.47 bits per heavy atom. The summed E-state index contributed by atoms with van der Waals surface area (Å²) in [5.74, 6) is 0.250. The van der Waals surface area contributed by atoms with Crippen LogP contribution in [0, 0.1) is 11.3 Å². The summed E-state index contributed by atoms with van der Waals surface area (Å²) in [5, 5.41) is 2.64. The summed E-state index contributed by atoms with van der Waals surface area (Å²) >= 11 is 4.94. The second-order valence-electron chi connectivity index (χ2n) is 4.38. The molecule has 7 heteroatoms. The van der Waals surface area contributed by atoms with Gasteiger partial charge in [0.1, 0.15) is 6.61 Å². The van der Waals surface area contributed by atoms with E-state index in [0.717, 1.165) is 0 Å². The van der Waals surface area contributed by atoms with Gasteiger partial charge < -0.3 is 21.5 Å². The minimum Gasteiger partial charge on any atom is -0.448 e. The Kier molecular flexibility index (Phi) is 4.28. The van der Waals surface area contributed by atoms with Crippen molar-refractivity contribution in [2.24, 2.45) is 22.8 Å². The third-order valence-electron chi connectivity index (χ3n) is 2.93. The first-order valence-electron chi connectivity index (χ1n) is 5.39. The number of hydrogen-bond acceptors (Lipinski definition) is 4. The van der Waals surface area contributed by atoms with Gasteiger partial charge in [0, 0.05) is 0 Å². The summed E-state index contributed by atoms with van der Waals surface area (Å²) < 4.78 is 4.50. The molecule has 0 spiro atoms. The molecular weight excluding hydrogens is 242 g/mol. The lowest BCUT2D eigenvalue weighted by molar-refractivity contribution is -0.133. The summed E-state index contributed by atoms with van der Waals surface area (Å²) in [4.78, 5) is 22.5. The van der Waals surface area contributed by atoms with Gasteiger partial charge in [-0.3, -0.25) is 4.79 Å². The highest BCUT2D eigenvalue weighted by atomic mass is 32.1. The topological polar surface area (TPSA) is 107 Å². The first-order chi connectivity index (χ1) is 7.88. The van der Waals surface area contributed by atoms with Crippen LogP contribution in [0.25, 0.3) is 0 Å². The van der Waals surface area contributed by atoms with Crippen LogP contribution in [0.4, 0.5) is 4.79 Å². The smallest absolute Gasteiger partial charge is 0.404 e. The van der Waals surface area contributed by atoms with Crippen molar-refractivity contribution in [2.75, 3.05) is 13.2 Å². The summed E-state index contributed by atoms with van der Waals surface area (Å²) in [6.07, 6.45) is 0.482. The van der Waals surface area contributed by atoms with Crippen LogP contribution < -0.4 is 16.8 Å². The monoisotopic (exact) mass is 259 g/mol. The lowest BCUT2D eigenvalue weighted by atomic mass is 9.62. The predicted octanol–water partition coefficient (Wildman–Crippen LogP) is -0.0997. The average Bonchev–Trinajstić information content (AvgIpc) is 2.18. The lowest BCUT2D eigenvalue weighted by Crippen LogP contribution is -2.56. The van der Waals surface area contributed by atoms with E-state index in [2.05, 4.69) is 10.1 Å². The Morgan fingerprint density at radius 2 is 2.06 bits per heavy atom. The number of amides is 2. The maximum Gasteiger partial charge on any atom is 0.404 e. The first-order valence-corrected chi connectivity index (χ1v) is 5.80. The van der Waals surface area contributed by atoms with Gasteiger partial charge >= 0.3 is 6.09 Å². The number of carbonyl (C=O) groups is 2. The maximum absolute atomic E-state index is 11.9. The molecule has 1 rings (SSSR count). The number of carbonyl (C=O) groups excluding carboxylic acids is 2. The van der Waals surface area contributed by atoms with Gasteiger partial charge in [-0.05, 0) is 18.8 Å². The molecule has 0 bridgehead atoms. The molecule has 6 nitrogen and oxygen atoms in total. The van der Waals surface area contributed by atoms with Gasteiger partial charge in [-0.1, -0.05) is 19.1 Å². The molecule has 0 saturated heterocycles. The third-order valence-corrected chi connectivity index (χ3v) is 3.32. The van der Waals surface area contributed by atoms with Gasteiger partial charge in [0.15, 0.2) is 0 Å². The van der Waals surface area contributed by atoms with Gasteiger partial charge in [-0.15, -0.1) is 0 Å². The van der Waals surface area contributed by atoms with E-state index in [9.17, 15) is 9.59 Å². The number of hydrogen-bond donors (Lipinski definition) is 3. The van der Waals surface area contributed by atoms with E-state index in [-0.39, 0.29) is 24.0 Å². The van der Waals surface area contributed by atoms with Crippen molar-refractivity contribution >= 4 is 29.2 Å². The molecule has 0 aromatic heterocycles. The highest BCUT2D eigenvalue weighted by Gasteiger charge is 2.50. The zero-order valence-corrected chi connectivity index (χ0v) is 10.5. The number of thiocarbonyl (C=S) groups is 1. The largest absolute Gasteiger partial charge is 0.448 e. The molecule has 0 aliphatic heterocycles. The fraction of sp³-hybridized carbons (Fsp3) is 0.700. The van der Waals surface area contributed by atoms with Crippen LogP contribution in [0.1, 0.15) is 19.8 Å². The molecule has 0 radical (unpaired) electrons. The summed E-state index contributed by atoms with van der Waals surface area (Å²) in [6.45, 7) is 2.30. The molecule has 2 amide bonds. The fourth-order valence-corrected chi connectivity index (χ4v) is 2.37. The van der Waals surface area contributed by atoms with Gasteiger partial charge in [-0.2, -0.15) is 0 Å². The SMILES string of the molecule is CC1CC(C(=O)NCCOC(N)=O)(C(N)=S)C1. The van der Waals surface area contributed by atoms with Gasteiger partial charge in [0.2, 0.25) is 5.91 Å². The van der Waals surface area contributed by atoms with Crippen molar-refractivity contribution in [1.82, 2.24) is 5.32 Å². The molecular formula is C10H17N3O3S. The van der Waals surface area contributed by atoms with Crippen LogP contribution in [0.2, 0.25) is 0 Å². The van der Waals surface area contributed by atoms with Crippen LogP contribution in [0.5, 0.6) is 0 Å². The van der Waals surface area contributed by atoms with Crippen molar-refractivity contribution in [3.8, 4) is 0 Å². The second kappa shape index (κ2) is 5.31. The molecule has 1 fully saturated rings. The second-order valence-corrected chi connectivity index (χ2v) is 4.82. The number of primary amides is 1. The van der Waals surface area contributed by atoms with E-state index >= 15 is 0 Å². The molecule has 0 unspecified atom stereocenters. The normalized spacial score (nSPS) is 26.8. The van der Waals surface area contributed by atoms with Crippen LogP contribution in [0.3, 0.4) is 0 Å². The Balaban J connectivity index is 2.40. The van der Waals surface area contributed by atoms with Crippen molar-refractivity contribution in [3.05, 3.63) is 0 Å². The standard InChI is InChI=1S/C10H17N3O3S/c1-6-4-10(5-6,7(11)17)8(14)13-2-3-16-9(12)15/h6H,2-5H2,1H3,(H2,11,17)(H2,12,15)(H,13,14). The van der Waals surface area contributed by atoms with Crippen LogP contribution in [0.15, 0.2) is 0 Å². The Bertz CT molecular complexity index is 340. The fourth-order valence-electron chi connectivity index (χ4n) is 2.11. The molecule has 0 aromatic rings. The van der Waals surface area contributed by atoms with Crippen LogP contribution in [-0.4, -0.2) is 30.1 Å². The van der Waals surface area contributed by atoms with Crippen molar-refractivity contribution in [2.45, 2.75) is 19.8 Å². The van der Waals surface area contributed by atoms with E-state index in [1.54, 1.807) is 0 Å². The molecule has 0 aromatic carbocycles. The molecule has 1 saturated carbocycles. The lowest BCUT2D eigenvalue weighted by Gasteiger charge is -2.44. The minimum absolute atomic E-state index is 0.0457. The van der Waals surface area contributed by atoms with Gasteiger partial charge in [0.05, 0.1) is 16.9 Å². The average molecular weight is 259 g/mol. The zero-order valence-electron chi connectivity index (χ0n) is 9.69. The molecule has 17 heavy (non-hydrogen) atoms. The first kappa shape index (κ1) is 13.7. The maximum atomic E-state index is 11.9. The van der Waals surface area contributed by atoms with E-state index in [1.807, 2.05) is 6.92 Å². The van der Waals surface area contributed by atoms with Crippen LogP contribution >= 0.6 is 12.2 Å². The van der Waals surface area contributed by atoms with Gasteiger partial charge in [0.25, 0.3) is 0 Å². The summed E-state index contributed by atoms with van der Waals surface area (Å²) in [5.41, 5.74) is 9.68. The molecule has 1 aliphatic rings. The molecule has 0 heterocycles. The van der Waals surface area contributed by atoms with Crippen molar-refractivity contribution in [3.63, 3.8) is 0 Å². The number of ether oxygens (including phenoxy) is 1. The number of rotatable bonds is 5. The number of nitrogens with one attached hydrogen (secondary N) is 1. The Labute approximate surface area is 105 Å². The minimum atomic E-state index is -0.861. The van der Waals surface area contributed by atoms with E-state index in [0.29, 0.717) is 18.8 Å². The highest BCUT2D eigenvalue weighted by molar-refractivity contribution is 7.80. The van der Waals surface area contributed by atoms with Crippen molar-refractivity contribution < 1.29 is 14.3 Å². The number of nitrogens with two attached hydrogens (primary N) is 2. The summed E-state index contributed by atoms with van der Waals surface area (Å²) in [6, 6.07) is 0. The summed E-state index contributed by atoms with van der Waals surface area (Å²) in [7, 11) is 0. The van der Waals surface area contributed by atoms with Crippen molar-refractivity contribution in [1.29, 1.82) is 0 Å². The highest BCUT2D eigenvalue weighted by Crippen LogP contribution is 2.45. The molecule has 1 aliphatic carbocycles. The molecule has 96 valence electrons. The quantitative estimate of drug-likeness (QED) is 0.472. The molecule has 0 atom stereocenters. The zero-order chi connectivity index (χ0) is 13.1. The van der Waals surface area contributed by atoms with E-state index < -0.39 is 11.5 Å². The molecule has 5 N–H and O–H groups in total. The predicted molar refractivity (Wildman–Crippen MR) is 66.2 cm³/mol. The van der Waals surface area contributed by atoms with Crippen LogP contribution in [-0.2, 0) is 9.53 Å². The van der Waals surface area contributed by atoms with Gasteiger partial charge in [-0.25, -0.2) is 4.79 Å². The third kappa shape index (κ3) is 3.06.